The summed E-state index contributed by atoms with van der Waals surface area (Å²) >= 11 is -1.18. The van der Waals surface area contributed by atoms with Crippen LogP contribution in [0.5, 0.6) is 5.88 Å². The summed E-state index contributed by atoms with van der Waals surface area (Å²) in [7, 11) is 1.55. The molecule has 2 aromatic rings. The van der Waals surface area contributed by atoms with E-state index in [0.717, 1.165) is 4.90 Å². The topological polar surface area (TPSA) is 45.2 Å². The molecule has 0 aliphatic carbocycles. The van der Waals surface area contributed by atoms with Crippen LogP contribution in [0, 0.1) is 0 Å². The molecule has 3 nitrogen and oxygen atoms in total. The molecular weight excluding hydrogens is 222 g/mol. The molecule has 16 heavy (non-hydrogen) atoms. The average molecular weight is 233 g/mol. The van der Waals surface area contributed by atoms with E-state index in [-0.39, 0.29) is 0 Å². The minimum Gasteiger partial charge on any atom is -0.606 e. The lowest BCUT2D eigenvalue weighted by Gasteiger charge is -2.09. The highest BCUT2D eigenvalue weighted by atomic mass is 32.2. The van der Waals surface area contributed by atoms with E-state index in [4.69, 9.17) is 4.74 Å². The molecule has 1 aromatic carbocycles. The number of hydrogen-bond donors (Lipinski definition) is 0. The summed E-state index contributed by atoms with van der Waals surface area (Å²) in [4.78, 5) is 5.47. The molecule has 1 unspecified atom stereocenters. The van der Waals surface area contributed by atoms with Crippen molar-refractivity contribution in [1.82, 2.24) is 4.98 Å². The zero-order valence-corrected chi connectivity index (χ0v) is 9.61. The van der Waals surface area contributed by atoms with Crippen LogP contribution in [0.1, 0.15) is 0 Å². The Morgan fingerprint density at radius 1 is 1.06 bits per heavy atom. The standard InChI is InChI=1S/C12H11NO2S/c1-15-12-8-7-11(9-13-12)16(14)10-5-3-2-4-6-10/h2-9H,1H3. The third-order valence-electron chi connectivity index (χ3n) is 2.09. The maximum absolute atomic E-state index is 12.1. The Labute approximate surface area is 97.3 Å². The minimum atomic E-state index is -1.18. The van der Waals surface area contributed by atoms with Crippen molar-refractivity contribution < 1.29 is 9.29 Å². The van der Waals surface area contributed by atoms with E-state index in [9.17, 15) is 4.55 Å². The molecule has 0 amide bonds. The fourth-order valence-electron chi connectivity index (χ4n) is 1.28. The second-order valence-corrected chi connectivity index (χ2v) is 4.60. The summed E-state index contributed by atoms with van der Waals surface area (Å²) < 4.78 is 17.0. The number of hydrogen-bond acceptors (Lipinski definition) is 3. The molecule has 0 bridgehead atoms. The molecule has 0 spiro atoms. The summed E-state index contributed by atoms with van der Waals surface area (Å²) in [5.41, 5.74) is 0. The summed E-state index contributed by atoms with van der Waals surface area (Å²) in [6.07, 6.45) is 1.57. The molecule has 1 atom stereocenters. The van der Waals surface area contributed by atoms with Crippen LogP contribution in [0.15, 0.2) is 58.5 Å². The van der Waals surface area contributed by atoms with E-state index < -0.39 is 11.2 Å². The number of aromatic nitrogens is 1. The zero-order chi connectivity index (χ0) is 11.4. The number of rotatable bonds is 3. The van der Waals surface area contributed by atoms with Crippen molar-refractivity contribution >= 4 is 11.2 Å². The molecule has 0 saturated carbocycles. The normalized spacial score (nSPS) is 12.1. The maximum atomic E-state index is 12.1. The van der Waals surface area contributed by atoms with Gasteiger partial charge in [-0.15, -0.1) is 0 Å². The van der Waals surface area contributed by atoms with Gasteiger partial charge >= 0.3 is 0 Å². The first-order valence-corrected chi connectivity index (χ1v) is 5.93. The summed E-state index contributed by atoms with van der Waals surface area (Å²) in [5.74, 6) is 0.522. The van der Waals surface area contributed by atoms with Crippen molar-refractivity contribution in [2.24, 2.45) is 0 Å². The van der Waals surface area contributed by atoms with Gasteiger partial charge in [0.1, 0.15) is 0 Å². The molecule has 82 valence electrons. The highest BCUT2D eigenvalue weighted by molar-refractivity contribution is 7.91. The van der Waals surface area contributed by atoms with Crippen LogP contribution in [0.25, 0.3) is 0 Å². The van der Waals surface area contributed by atoms with E-state index in [2.05, 4.69) is 4.98 Å². The van der Waals surface area contributed by atoms with Crippen LogP contribution < -0.4 is 4.74 Å². The van der Waals surface area contributed by atoms with Crippen LogP contribution >= 0.6 is 0 Å². The third-order valence-corrected chi connectivity index (χ3v) is 3.46. The van der Waals surface area contributed by atoms with Gasteiger partial charge in [0.15, 0.2) is 9.79 Å². The monoisotopic (exact) mass is 233 g/mol. The number of nitrogens with zero attached hydrogens (tertiary/aromatic N) is 1. The van der Waals surface area contributed by atoms with Crippen molar-refractivity contribution in [2.45, 2.75) is 9.79 Å². The fraction of sp³-hybridized carbons (Fsp3) is 0.0833. The van der Waals surface area contributed by atoms with Crippen molar-refractivity contribution in [3.05, 3.63) is 48.7 Å². The van der Waals surface area contributed by atoms with Crippen molar-refractivity contribution in [2.75, 3.05) is 7.11 Å². The van der Waals surface area contributed by atoms with Gasteiger partial charge in [-0.25, -0.2) is 4.98 Å². The summed E-state index contributed by atoms with van der Waals surface area (Å²) in [6.45, 7) is 0. The van der Waals surface area contributed by atoms with Crippen LogP contribution in [0.3, 0.4) is 0 Å². The van der Waals surface area contributed by atoms with E-state index in [0.29, 0.717) is 10.8 Å². The van der Waals surface area contributed by atoms with Crippen molar-refractivity contribution in [3.8, 4) is 5.88 Å². The maximum Gasteiger partial charge on any atom is 0.213 e. The first-order valence-electron chi connectivity index (χ1n) is 4.78. The van der Waals surface area contributed by atoms with Crippen LogP contribution in [-0.2, 0) is 11.2 Å². The molecule has 0 fully saturated rings. The number of ether oxygens (including phenoxy) is 1. The van der Waals surface area contributed by atoms with E-state index in [1.165, 1.54) is 0 Å². The molecule has 0 radical (unpaired) electrons. The molecule has 0 aliphatic heterocycles. The number of pyridine rings is 1. The fourth-order valence-corrected chi connectivity index (χ4v) is 2.29. The highest BCUT2D eigenvalue weighted by Gasteiger charge is 2.14. The molecule has 0 saturated heterocycles. The average Bonchev–Trinajstić information content (AvgIpc) is 2.39. The van der Waals surface area contributed by atoms with E-state index >= 15 is 0 Å². The van der Waals surface area contributed by atoms with Gasteiger partial charge in [0.25, 0.3) is 0 Å². The minimum absolute atomic E-state index is 0.522. The molecule has 0 N–H and O–H groups in total. The lowest BCUT2D eigenvalue weighted by atomic mass is 10.4. The summed E-state index contributed by atoms with van der Waals surface area (Å²) in [5, 5.41) is 0. The van der Waals surface area contributed by atoms with Gasteiger partial charge < -0.3 is 9.29 Å². The van der Waals surface area contributed by atoms with Crippen LogP contribution in [0.2, 0.25) is 0 Å². The Morgan fingerprint density at radius 3 is 2.38 bits per heavy atom. The molecular formula is C12H11NO2S. The lowest BCUT2D eigenvalue weighted by molar-refractivity contribution is 0.397. The Bertz CT molecular complexity index is 444. The smallest absolute Gasteiger partial charge is 0.213 e. The Kier molecular flexibility index (Phi) is 3.44. The zero-order valence-electron chi connectivity index (χ0n) is 8.79. The predicted molar refractivity (Wildman–Crippen MR) is 61.9 cm³/mol. The van der Waals surface area contributed by atoms with Gasteiger partial charge in [-0.1, -0.05) is 18.2 Å². The second kappa shape index (κ2) is 5.01. The molecule has 1 aromatic heterocycles. The molecule has 4 heteroatoms. The quantitative estimate of drug-likeness (QED) is 0.764. The van der Waals surface area contributed by atoms with Crippen molar-refractivity contribution in [3.63, 3.8) is 0 Å². The van der Waals surface area contributed by atoms with Gasteiger partial charge in [-0.05, 0) is 12.1 Å². The van der Waals surface area contributed by atoms with Crippen LogP contribution in [0.4, 0.5) is 0 Å². The van der Waals surface area contributed by atoms with Crippen molar-refractivity contribution in [1.29, 1.82) is 0 Å². The first kappa shape index (κ1) is 11.0. The number of benzene rings is 1. The Hall–Kier alpha value is -1.52. The van der Waals surface area contributed by atoms with Gasteiger partial charge in [0, 0.05) is 23.3 Å². The molecule has 1 heterocycles. The van der Waals surface area contributed by atoms with E-state index in [1.807, 2.05) is 30.3 Å². The number of methoxy groups -OCH3 is 1. The summed E-state index contributed by atoms with van der Waals surface area (Å²) in [6, 6.07) is 12.8. The van der Waals surface area contributed by atoms with Gasteiger partial charge in [-0.2, -0.15) is 0 Å². The lowest BCUT2D eigenvalue weighted by Crippen LogP contribution is -2.02. The Morgan fingerprint density at radius 2 is 1.81 bits per heavy atom. The third kappa shape index (κ3) is 2.35. The molecule has 2 rings (SSSR count). The second-order valence-electron chi connectivity index (χ2n) is 3.12. The van der Waals surface area contributed by atoms with Gasteiger partial charge in [0.2, 0.25) is 5.88 Å². The van der Waals surface area contributed by atoms with Crippen LogP contribution in [-0.4, -0.2) is 16.6 Å². The van der Waals surface area contributed by atoms with Gasteiger partial charge in [0.05, 0.1) is 13.3 Å². The highest BCUT2D eigenvalue weighted by Crippen LogP contribution is 2.20. The predicted octanol–water partition coefficient (Wildman–Crippen LogP) is 2.26. The molecule has 0 aliphatic rings. The van der Waals surface area contributed by atoms with E-state index in [1.54, 1.807) is 25.4 Å². The Balaban J connectivity index is 2.24. The SMILES string of the molecule is COc1ccc([S+]([O-])c2ccccc2)cn1. The van der Waals surface area contributed by atoms with Gasteiger partial charge in [-0.3, -0.25) is 0 Å². The largest absolute Gasteiger partial charge is 0.606 e. The first-order chi connectivity index (χ1) is 7.81.